The van der Waals surface area contributed by atoms with Crippen LogP contribution in [0.5, 0.6) is 0 Å². The van der Waals surface area contributed by atoms with Crippen molar-refractivity contribution >= 4 is 27.8 Å². The van der Waals surface area contributed by atoms with Gasteiger partial charge in [-0.05, 0) is 10.9 Å². The number of carbonyl (C=O) groups excluding carboxylic acids is 1. The lowest BCUT2D eigenvalue weighted by molar-refractivity contribution is -0.142. The summed E-state index contributed by atoms with van der Waals surface area (Å²) in [4.78, 5) is 22.5. The van der Waals surface area contributed by atoms with Crippen molar-refractivity contribution < 1.29 is 19.4 Å². The molecule has 1 saturated heterocycles. The highest BCUT2D eigenvalue weighted by Crippen LogP contribution is 2.14. The molecule has 0 spiro atoms. The van der Waals surface area contributed by atoms with Crippen LogP contribution in [0, 0.1) is 5.92 Å². The smallest absolute Gasteiger partial charge is 0.326 e. The molecule has 6 heteroatoms. The quantitative estimate of drug-likeness (QED) is 0.789. The molecule has 1 amide bonds. The van der Waals surface area contributed by atoms with Crippen molar-refractivity contribution in [2.75, 3.05) is 13.2 Å². The predicted octanol–water partition coefficient (Wildman–Crippen LogP) is 0.891. The van der Waals surface area contributed by atoms with E-state index in [1.54, 1.807) is 0 Å². The topological polar surface area (TPSA) is 75.6 Å². The Morgan fingerprint density at radius 3 is 2.75 bits per heavy atom. The number of carboxylic acid groups (broad SMARTS) is 1. The second-order valence-electron chi connectivity index (χ2n) is 3.68. The van der Waals surface area contributed by atoms with Gasteiger partial charge in [0.2, 0.25) is 5.91 Å². The fraction of sp³-hybridized carbons (Fsp3) is 0.600. The molecule has 0 unspecified atom stereocenters. The average Bonchev–Trinajstić information content (AvgIpc) is 2.68. The molecule has 1 aliphatic rings. The maximum Gasteiger partial charge on any atom is 0.326 e. The van der Waals surface area contributed by atoms with Crippen molar-refractivity contribution in [2.45, 2.75) is 18.9 Å². The number of aliphatic carboxylic acids is 1. The summed E-state index contributed by atoms with van der Waals surface area (Å²) in [5.74, 6) is -1.56. The van der Waals surface area contributed by atoms with Gasteiger partial charge in [-0.2, -0.15) is 0 Å². The zero-order chi connectivity index (χ0) is 12.1. The van der Waals surface area contributed by atoms with Crippen LogP contribution < -0.4 is 5.32 Å². The first-order valence-electron chi connectivity index (χ1n) is 4.95. The number of carbonyl (C=O) groups is 2. The molecule has 2 N–H and O–H groups in total. The number of hydrogen-bond donors (Lipinski definition) is 2. The largest absolute Gasteiger partial charge is 0.480 e. The van der Waals surface area contributed by atoms with E-state index < -0.39 is 12.0 Å². The first-order chi connectivity index (χ1) is 7.50. The van der Waals surface area contributed by atoms with Gasteiger partial charge in [-0.3, -0.25) is 4.79 Å². The molecule has 0 aromatic heterocycles. The molecule has 16 heavy (non-hydrogen) atoms. The zero-order valence-corrected chi connectivity index (χ0v) is 10.3. The molecule has 0 radical (unpaired) electrons. The molecule has 90 valence electrons. The Morgan fingerprint density at radius 2 is 2.31 bits per heavy atom. The van der Waals surface area contributed by atoms with E-state index in [1.165, 1.54) is 0 Å². The van der Waals surface area contributed by atoms with E-state index in [0.717, 1.165) is 0 Å². The third kappa shape index (κ3) is 3.94. The number of hydrogen-bond acceptors (Lipinski definition) is 3. The lowest BCUT2D eigenvalue weighted by Gasteiger charge is -2.16. The van der Waals surface area contributed by atoms with Gasteiger partial charge in [-0.1, -0.05) is 22.5 Å². The van der Waals surface area contributed by atoms with Crippen LogP contribution in [0.4, 0.5) is 0 Å². The third-order valence-electron chi connectivity index (χ3n) is 2.34. The Morgan fingerprint density at radius 1 is 1.62 bits per heavy atom. The van der Waals surface area contributed by atoms with E-state index in [1.807, 2.05) is 0 Å². The van der Waals surface area contributed by atoms with Gasteiger partial charge >= 0.3 is 5.97 Å². The van der Waals surface area contributed by atoms with E-state index in [-0.39, 0.29) is 18.2 Å². The lowest BCUT2D eigenvalue weighted by Crippen LogP contribution is -2.43. The van der Waals surface area contributed by atoms with Crippen LogP contribution >= 0.6 is 15.9 Å². The molecule has 1 aliphatic heterocycles. The Labute approximate surface area is 102 Å². The van der Waals surface area contributed by atoms with Gasteiger partial charge in [0.1, 0.15) is 6.04 Å². The van der Waals surface area contributed by atoms with E-state index in [9.17, 15) is 9.59 Å². The van der Waals surface area contributed by atoms with Gasteiger partial charge in [0.25, 0.3) is 0 Å². The van der Waals surface area contributed by atoms with Gasteiger partial charge in [-0.15, -0.1) is 0 Å². The summed E-state index contributed by atoms with van der Waals surface area (Å²) in [6.07, 6.45) is 0.822. The molecule has 2 atom stereocenters. The minimum atomic E-state index is -1.06. The van der Waals surface area contributed by atoms with Crippen LogP contribution in [0.2, 0.25) is 0 Å². The van der Waals surface area contributed by atoms with Crippen molar-refractivity contribution in [3.8, 4) is 0 Å². The minimum Gasteiger partial charge on any atom is -0.480 e. The summed E-state index contributed by atoms with van der Waals surface area (Å²) in [5, 5.41) is 11.4. The summed E-state index contributed by atoms with van der Waals surface area (Å²) >= 11 is 3.08. The Balaban J connectivity index is 2.50. The van der Waals surface area contributed by atoms with Gasteiger partial charge < -0.3 is 15.2 Å². The summed E-state index contributed by atoms with van der Waals surface area (Å²) < 4.78 is 5.61. The van der Waals surface area contributed by atoms with E-state index >= 15 is 0 Å². The molecule has 0 aromatic carbocycles. The minimum absolute atomic E-state index is 0.175. The van der Waals surface area contributed by atoms with Crippen LogP contribution in [-0.2, 0) is 14.3 Å². The monoisotopic (exact) mass is 291 g/mol. The van der Waals surface area contributed by atoms with Crippen LogP contribution in [0.3, 0.4) is 0 Å². The molecular formula is C10H14BrNO4. The normalized spacial score (nSPS) is 21.4. The Hall–Kier alpha value is -0.880. The highest BCUT2D eigenvalue weighted by atomic mass is 79.9. The van der Waals surface area contributed by atoms with E-state index in [4.69, 9.17) is 9.84 Å². The Kier molecular flexibility index (Phi) is 4.95. The van der Waals surface area contributed by atoms with Gasteiger partial charge in [0.05, 0.1) is 12.5 Å². The number of halogens is 1. The summed E-state index contributed by atoms with van der Waals surface area (Å²) in [7, 11) is 0. The van der Waals surface area contributed by atoms with E-state index in [2.05, 4.69) is 27.8 Å². The third-order valence-corrected chi connectivity index (χ3v) is 2.66. The first kappa shape index (κ1) is 13.2. The Bertz CT molecular complexity index is 299. The summed E-state index contributed by atoms with van der Waals surface area (Å²) in [5.41, 5.74) is 0. The number of amides is 1. The number of rotatable bonds is 5. The maximum atomic E-state index is 11.6. The van der Waals surface area contributed by atoms with Crippen molar-refractivity contribution in [3.05, 3.63) is 11.1 Å². The molecule has 1 fully saturated rings. The molecular weight excluding hydrogens is 278 g/mol. The fourth-order valence-corrected chi connectivity index (χ4v) is 1.78. The van der Waals surface area contributed by atoms with Crippen LogP contribution in [0.15, 0.2) is 11.1 Å². The highest BCUT2D eigenvalue weighted by molar-refractivity contribution is 9.11. The summed E-state index contributed by atoms with van der Waals surface area (Å²) in [6, 6.07) is -0.931. The van der Waals surface area contributed by atoms with Crippen molar-refractivity contribution in [2.24, 2.45) is 5.92 Å². The van der Waals surface area contributed by atoms with Crippen LogP contribution in [-0.4, -0.2) is 36.2 Å². The molecule has 0 saturated carbocycles. The van der Waals surface area contributed by atoms with Gasteiger partial charge in [-0.25, -0.2) is 4.79 Å². The maximum absolute atomic E-state index is 11.6. The predicted molar refractivity (Wildman–Crippen MR) is 61.2 cm³/mol. The fourth-order valence-electron chi connectivity index (χ4n) is 1.45. The van der Waals surface area contributed by atoms with Crippen molar-refractivity contribution in [3.63, 3.8) is 0 Å². The van der Waals surface area contributed by atoms with Crippen LogP contribution in [0.1, 0.15) is 12.8 Å². The number of nitrogens with one attached hydrogen (secondary N) is 1. The molecule has 0 aliphatic carbocycles. The second kappa shape index (κ2) is 6.00. The van der Waals surface area contributed by atoms with E-state index in [0.29, 0.717) is 24.1 Å². The highest BCUT2D eigenvalue weighted by Gasteiger charge is 2.27. The SMILES string of the molecule is C=C(Br)C[C@H](NC(=O)[C@H]1CCOC1)C(=O)O. The van der Waals surface area contributed by atoms with Crippen molar-refractivity contribution in [1.82, 2.24) is 5.32 Å². The molecule has 1 heterocycles. The van der Waals surface area contributed by atoms with Gasteiger partial charge in [0, 0.05) is 13.0 Å². The van der Waals surface area contributed by atoms with Gasteiger partial charge in [0.15, 0.2) is 0 Å². The standard InChI is InChI=1S/C10H14BrNO4/c1-6(11)4-8(10(14)15)12-9(13)7-2-3-16-5-7/h7-8H,1-5H2,(H,12,13)(H,14,15)/t7-,8-/m0/s1. The molecule has 0 bridgehead atoms. The first-order valence-corrected chi connectivity index (χ1v) is 5.74. The number of ether oxygens (including phenoxy) is 1. The zero-order valence-electron chi connectivity index (χ0n) is 8.74. The molecule has 5 nitrogen and oxygen atoms in total. The number of carboxylic acids is 1. The lowest BCUT2D eigenvalue weighted by atomic mass is 10.1. The van der Waals surface area contributed by atoms with Crippen molar-refractivity contribution in [1.29, 1.82) is 0 Å². The van der Waals surface area contributed by atoms with Crippen LogP contribution in [0.25, 0.3) is 0 Å². The summed E-state index contributed by atoms with van der Waals surface area (Å²) in [6.45, 7) is 4.48. The molecule has 1 rings (SSSR count). The second-order valence-corrected chi connectivity index (χ2v) is 4.80. The average molecular weight is 292 g/mol. The molecule has 0 aromatic rings.